The Kier molecular flexibility index (Phi) is 9.66. The van der Waals surface area contributed by atoms with Crippen molar-refractivity contribution in [3.63, 3.8) is 0 Å². The van der Waals surface area contributed by atoms with Crippen molar-refractivity contribution in [1.82, 2.24) is 14.5 Å². The highest BCUT2D eigenvalue weighted by Crippen LogP contribution is 2.32. The minimum atomic E-state index is -3.47. The van der Waals surface area contributed by atoms with Crippen molar-refractivity contribution in [3.8, 4) is 0 Å². The molecule has 1 heterocycles. The van der Waals surface area contributed by atoms with Crippen LogP contribution in [0.4, 0.5) is 0 Å². The van der Waals surface area contributed by atoms with Crippen LogP contribution in [0.3, 0.4) is 0 Å². The van der Waals surface area contributed by atoms with Gasteiger partial charge in [-0.3, -0.25) is 9.69 Å². The van der Waals surface area contributed by atoms with Gasteiger partial charge in [-0.05, 0) is 37.8 Å². The first-order valence-electron chi connectivity index (χ1n) is 9.19. The van der Waals surface area contributed by atoms with E-state index in [1.165, 1.54) is 4.31 Å². The third-order valence-corrected chi connectivity index (χ3v) is 7.06. The van der Waals surface area contributed by atoms with Gasteiger partial charge in [-0.1, -0.05) is 17.7 Å². The Balaban J connectivity index is 0.00000196. The molecule has 2 fully saturated rings. The number of rotatable bonds is 7. The Bertz CT molecular complexity index is 734. The molecule has 1 aliphatic heterocycles. The number of carbonyl (C=O) groups is 1. The lowest BCUT2D eigenvalue weighted by atomic mass is 10.2. The number of hydrogen-bond donors (Lipinski definition) is 2. The molecule has 1 unspecified atom stereocenters. The van der Waals surface area contributed by atoms with Crippen LogP contribution in [0.5, 0.6) is 0 Å². The highest BCUT2D eigenvalue weighted by Gasteiger charge is 2.32. The molecular formula is C18H30Cl2N4O3S. The predicted molar refractivity (Wildman–Crippen MR) is 115 cm³/mol. The number of nitrogens with one attached hydrogen (secondary N) is 1. The van der Waals surface area contributed by atoms with Crippen LogP contribution < -0.4 is 11.1 Å². The lowest BCUT2D eigenvalue weighted by molar-refractivity contribution is -0.123. The number of benzene rings is 1. The zero-order valence-corrected chi connectivity index (χ0v) is 18.5. The fourth-order valence-electron chi connectivity index (χ4n) is 3.31. The van der Waals surface area contributed by atoms with E-state index < -0.39 is 10.0 Å². The fourth-order valence-corrected chi connectivity index (χ4v) is 4.73. The molecule has 1 saturated heterocycles. The predicted octanol–water partition coefficient (Wildman–Crippen LogP) is 0.998. The molecule has 160 valence electrons. The van der Waals surface area contributed by atoms with E-state index >= 15 is 0 Å². The first-order chi connectivity index (χ1) is 12.4. The summed E-state index contributed by atoms with van der Waals surface area (Å²) in [6, 6.07) is 6.98. The van der Waals surface area contributed by atoms with Crippen molar-refractivity contribution in [2.75, 3.05) is 39.3 Å². The molecular weight excluding hydrogens is 423 g/mol. The maximum absolute atomic E-state index is 12.7. The quantitative estimate of drug-likeness (QED) is 0.642. The fraction of sp³-hybridized carbons (Fsp3) is 0.611. The summed E-state index contributed by atoms with van der Waals surface area (Å²) >= 11 is 0. The van der Waals surface area contributed by atoms with Gasteiger partial charge in [-0.15, -0.1) is 24.8 Å². The SMILES string of the molecule is Cc1ccc(S(=O)(=O)N2CCN(CC(=O)NC(CN)C3CC3)CC2)cc1.Cl.Cl. The number of piperazine rings is 1. The molecule has 1 saturated carbocycles. The summed E-state index contributed by atoms with van der Waals surface area (Å²) in [6.07, 6.45) is 2.27. The van der Waals surface area contributed by atoms with E-state index in [4.69, 9.17) is 5.73 Å². The van der Waals surface area contributed by atoms with Gasteiger partial charge in [0.05, 0.1) is 11.4 Å². The van der Waals surface area contributed by atoms with Crippen LogP contribution in [0.1, 0.15) is 18.4 Å². The zero-order chi connectivity index (χ0) is 18.7. The average molecular weight is 453 g/mol. The van der Waals surface area contributed by atoms with E-state index in [2.05, 4.69) is 5.32 Å². The second-order valence-electron chi connectivity index (χ2n) is 7.24. The summed E-state index contributed by atoms with van der Waals surface area (Å²) < 4.78 is 26.9. The summed E-state index contributed by atoms with van der Waals surface area (Å²) in [6.45, 7) is 4.59. The van der Waals surface area contributed by atoms with Crippen molar-refractivity contribution in [2.45, 2.75) is 30.7 Å². The monoisotopic (exact) mass is 452 g/mol. The van der Waals surface area contributed by atoms with Crippen LogP contribution in [0.25, 0.3) is 0 Å². The molecule has 3 N–H and O–H groups in total. The normalized spacial score (nSPS) is 19.2. The largest absolute Gasteiger partial charge is 0.351 e. The Hall–Kier alpha value is -0.900. The number of nitrogens with zero attached hydrogens (tertiary/aromatic N) is 2. The first kappa shape index (κ1) is 25.1. The van der Waals surface area contributed by atoms with E-state index in [9.17, 15) is 13.2 Å². The van der Waals surface area contributed by atoms with E-state index in [-0.39, 0.29) is 36.8 Å². The van der Waals surface area contributed by atoms with Crippen LogP contribution >= 0.6 is 24.8 Å². The maximum Gasteiger partial charge on any atom is 0.243 e. The molecule has 1 amide bonds. The molecule has 0 spiro atoms. The Morgan fingerprint density at radius 1 is 1.14 bits per heavy atom. The number of amides is 1. The highest BCUT2D eigenvalue weighted by molar-refractivity contribution is 7.89. The van der Waals surface area contributed by atoms with E-state index in [1.807, 2.05) is 11.8 Å². The Labute approximate surface area is 179 Å². The second kappa shape index (κ2) is 10.8. The number of carbonyl (C=O) groups excluding carboxylic acids is 1. The van der Waals surface area contributed by atoms with Crippen LogP contribution in [0.15, 0.2) is 29.2 Å². The van der Waals surface area contributed by atoms with Gasteiger partial charge in [0.25, 0.3) is 0 Å². The van der Waals surface area contributed by atoms with Gasteiger partial charge in [0.15, 0.2) is 0 Å². The van der Waals surface area contributed by atoms with Gasteiger partial charge < -0.3 is 11.1 Å². The molecule has 0 radical (unpaired) electrons. The summed E-state index contributed by atoms with van der Waals surface area (Å²) in [7, 11) is -3.47. The molecule has 0 bridgehead atoms. The molecule has 1 aromatic carbocycles. The maximum atomic E-state index is 12.7. The first-order valence-corrected chi connectivity index (χ1v) is 10.6. The lowest BCUT2D eigenvalue weighted by Gasteiger charge is -2.33. The molecule has 1 aliphatic carbocycles. The molecule has 3 rings (SSSR count). The van der Waals surface area contributed by atoms with Crippen LogP contribution in [0, 0.1) is 12.8 Å². The van der Waals surface area contributed by atoms with Crippen molar-refractivity contribution in [2.24, 2.45) is 11.7 Å². The van der Waals surface area contributed by atoms with Crippen LogP contribution in [-0.2, 0) is 14.8 Å². The standard InChI is InChI=1S/C18H28N4O3S.2ClH/c1-14-2-6-16(7-3-14)26(24,25)22-10-8-21(9-11-22)13-18(23)20-17(12-19)15-4-5-15;;/h2-3,6-7,15,17H,4-5,8-13,19H2,1H3,(H,20,23);2*1H. The topological polar surface area (TPSA) is 95.7 Å². The van der Waals surface area contributed by atoms with Crippen LogP contribution in [0.2, 0.25) is 0 Å². The number of sulfonamides is 1. The van der Waals surface area contributed by atoms with Gasteiger partial charge in [0.1, 0.15) is 0 Å². The van der Waals surface area contributed by atoms with E-state index in [0.29, 0.717) is 50.1 Å². The minimum Gasteiger partial charge on any atom is -0.351 e. The highest BCUT2D eigenvalue weighted by atomic mass is 35.5. The third-order valence-electron chi connectivity index (χ3n) is 5.15. The Morgan fingerprint density at radius 2 is 1.71 bits per heavy atom. The number of halogens is 2. The average Bonchev–Trinajstić information content (AvgIpc) is 3.45. The Morgan fingerprint density at radius 3 is 2.21 bits per heavy atom. The molecule has 0 aromatic heterocycles. The van der Waals surface area contributed by atoms with Gasteiger partial charge in [-0.25, -0.2) is 8.42 Å². The van der Waals surface area contributed by atoms with Crippen molar-refractivity contribution in [3.05, 3.63) is 29.8 Å². The number of nitrogens with two attached hydrogens (primary N) is 1. The van der Waals surface area contributed by atoms with Crippen molar-refractivity contribution < 1.29 is 13.2 Å². The summed E-state index contributed by atoms with van der Waals surface area (Å²) in [4.78, 5) is 14.5. The van der Waals surface area contributed by atoms with Gasteiger partial charge >= 0.3 is 0 Å². The molecule has 2 aliphatic rings. The van der Waals surface area contributed by atoms with Crippen molar-refractivity contribution >= 4 is 40.7 Å². The summed E-state index contributed by atoms with van der Waals surface area (Å²) in [5, 5.41) is 3.01. The second-order valence-corrected chi connectivity index (χ2v) is 9.18. The zero-order valence-electron chi connectivity index (χ0n) is 16.0. The van der Waals surface area contributed by atoms with Crippen LogP contribution in [-0.4, -0.2) is 68.8 Å². The molecule has 7 nitrogen and oxygen atoms in total. The van der Waals surface area contributed by atoms with Gasteiger partial charge in [-0.2, -0.15) is 4.31 Å². The molecule has 28 heavy (non-hydrogen) atoms. The number of hydrogen-bond acceptors (Lipinski definition) is 5. The van der Waals surface area contributed by atoms with Crippen molar-refractivity contribution in [1.29, 1.82) is 0 Å². The van der Waals surface area contributed by atoms with Gasteiger partial charge in [0, 0.05) is 38.8 Å². The lowest BCUT2D eigenvalue weighted by Crippen LogP contribution is -2.52. The van der Waals surface area contributed by atoms with Gasteiger partial charge in [0.2, 0.25) is 15.9 Å². The van der Waals surface area contributed by atoms with E-state index in [0.717, 1.165) is 18.4 Å². The summed E-state index contributed by atoms with van der Waals surface area (Å²) in [5.41, 5.74) is 6.75. The van der Waals surface area contributed by atoms with E-state index in [1.54, 1.807) is 24.3 Å². The minimum absolute atomic E-state index is 0. The molecule has 1 atom stereocenters. The third kappa shape index (κ3) is 6.30. The number of aryl methyl sites for hydroxylation is 1. The molecule has 10 heteroatoms. The smallest absolute Gasteiger partial charge is 0.243 e. The summed E-state index contributed by atoms with van der Waals surface area (Å²) in [5.74, 6) is 0.502. The molecule has 1 aromatic rings.